The van der Waals surface area contributed by atoms with Crippen LogP contribution in [0.25, 0.3) is 0 Å². The molecule has 92 valence electrons. The Bertz CT molecular complexity index is 156. The van der Waals surface area contributed by atoms with Crippen molar-refractivity contribution in [3.05, 3.63) is 0 Å². The summed E-state index contributed by atoms with van der Waals surface area (Å²) in [6.45, 7) is 11.9. The van der Waals surface area contributed by atoms with Crippen molar-refractivity contribution >= 4 is 5.97 Å². The molecule has 0 bridgehead atoms. The number of carbonyl (C=O) groups excluding carboxylic acids is 1. The zero-order valence-electron chi connectivity index (χ0n) is 10.7. The Kier molecular flexibility index (Phi) is 11.1. The van der Waals surface area contributed by atoms with Gasteiger partial charge in [-0.05, 0) is 27.2 Å². The van der Waals surface area contributed by atoms with E-state index in [1.165, 1.54) is 6.92 Å². The Morgan fingerprint density at radius 2 is 1.60 bits per heavy atom. The van der Waals surface area contributed by atoms with Crippen LogP contribution >= 0.6 is 0 Å². The first kappa shape index (κ1) is 16.8. The van der Waals surface area contributed by atoms with Gasteiger partial charge in [0.15, 0.2) is 6.73 Å². The molecule has 15 heavy (non-hydrogen) atoms. The number of hydrogen-bond donors (Lipinski definition) is 0. The lowest BCUT2D eigenvalue weighted by Crippen LogP contribution is -2.45. The largest absolute Gasteiger partial charge is 0.550 e. The predicted octanol–water partition coefficient (Wildman–Crippen LogP) is 0.613. The zero-order valence-corrected chi connectivity index (χ0v) is 10.7. The van der Waals surface area contributed by atoms with Crippen molar-refractivity contribution in [1.29, 1.82) is 0 Å². The fraction of sp³-hybridized carbons (Fsp3) is 0.909. The summed E-state index contributed by atoms with van der Waals surface area (Å²) in [5.74, 6) is -0.995. The lowest BCUT2D eigenvalue weighted by atomic mass is 10.5. The lowest BCUT2D eigenvalue weighted by Gasteiger charge is -2.31. The quantitative estimate of drug-likeness (QED) is 0.486. The molecule has 0 unspecified atom stereocenters. The Morgan fingerprint density at radius 3 is 1.80 bits per heavy atom. The summed E-state index contributed by atoms with van der Waals surface area (Å²) >= 11 is 0. The normalized spacial score (nSPS) is 10.5. The van der Waals surface area contributed by atoms with E-state index in [2.05, 4.69) is 20.9 Å². The highest BCUT2D eigenvalue weighted by Gasteiger charge is 2.14. The maximum absolute atomic E-state index is 9.26. The van der Waals surface area contributed by atoms with Crippen molar-refractivity contribution in [3.8, 4) is 0 Å². The summed E-state index contributed by atoms with van der Waals surface area (Å²) in [6.07, 6.45) is 0.111. The third-order valence-corrected chi connectivity index (χ3v) is 2.42. The highest BCUT2D eigenvalue weighted by molar-refractivity contribution is 5.63. The first-order chi connectivity index (χ1) is 6.95. The third kappa shape index (κ3) is 11.3. The van der Waals surface area contributed by atoms with Gasteiger partial charge in [-0.25, -0.2) is 0 Å². The number of ether oxygens (including phenoxy) is 1. The van der Waals surface area contributed by atoms with E-state index in [0.29, 0.717) is 0 Å². The Hall–Kier alpha value is -0.610. The number of rotatable bonds is 6. The van der Waals surface area contributed by atoms with Gasteiger partial charge in [-0.1, -0.05) is 6.92 Å². The van der Waals surface area contributed by atoms with Crippen molar-refractivity contribution in [2.75, 3.05) is 33.5 Å². The number of carbonyl (C=O) groups is 1. The van der Waals surface area contributed by atoms with Crippen LogP contribution in [0.2, 0.25) is 0 Å². The van der Waals surface area contributed by atoms with Crippen LogP contribution in [0.5, 0.6) is 0 Å². The molecule has 0 rings (SSSR count). The van der Waals surface area contributed by atoms with Crippen LogP contribution in [0.4, 0.5) is 0 Å². The Balaban J connectivity index is 0. The summed E-state index contributed by atoms with van der Waals surface area (Å²) in [4.78, 5) is 9.26. The van der Waals surface area contributed by atoms with E-state index in [4.69, 9.17) is 4.74 Å². The van der Waals surface area contributed by atoms with Crippen LogP contribution in [-0.2, 0) is 9.53 Å². The van der Waals surface area contributed by atoms with E-state index >= 15 is 0 Å². The van der Waals surface area contributed by atoms with Gasteiger partial charge in [-0.15, -0.1) is 0 Å². The van der Waals surface area contributed by atoms with Crippen LogP contribution < -0.4 is 5.11 Å². The molecular weight excluding hydrogens is 194 g/mol. The van der Waals surface area contributed by atoms with Crippen molar-refractivity contribution in [1.82, 2.24) is 0 Å². The van der Waals surface area contributed by atoms with Crippen LogP contribution in [0, 0.1) is 0 Å². The molecule has 0 spiro atoms. The molecule has 0 radical (unpaired) electrons. The van der Waals surface area contributed by atoms with E-state index in [9.17, 15) is 9.90 Å². The van der Waals surface area contributed by atoms with Gasteiger partial charge in [0.2, 0.25) is 0 Å². The topological polar surface area (TPSA) is 49.4 Å². The molecule has 0 aliphatic carbocycles. The molecule has 0 saturated carbocycles. The number of quaternary nitrogens is 1. The van der Waals surface area contributed by atoms with Crippen molar-refractivity contribution in [3.63, 3.8) is 0 Å². The Labute approximate surface area is 93.4 Å². The second-order valence-corrected chi connectivity index (χ2v) is 3.60. The molecule has 0 atom stereocenters. The molecule has 0 aromatic rings. The van der Waals surface area contributed by atoms with Gasteiger partial charge in [0, 0.05) is 12.6 Å². The molecule has 0 aromatic heterocycles. The van der Waals surface area contributed by atoms with Gasteiger partial charge >= 0.3 is 0 Å². The number of hydrogen-bond acceptors (Lipinski definition) is 3. The standard InChI is InChI=1S/C8H20NO.C3H6O2/c1-5-9(4,6-2)8-10-7-3;1-2-3(4)5/h5-8H2,1-4H3;2H2,1H3,(H,4,5)/q+1;/p-1. The maximum atomic E-state index is 9.26. The minimum Gasteiger partial charge on any atom is -0.550 e. The predicted molar refractivity (Wildman–Crippen MR) is 59.1 cm³/mol. The van der Waals surface area contributed by atoms with E-state index < -0.39 is 5.97 Å². The summed E-state index contributed by atoms with van der Waals surface area (Å²) in [5, 5.41) is 9.26. The minimum atomic E-state index is -0.995. The average Bonchev–Trinajstić information content (AvgIpc) is 2.26. The molecule has 0 fully saturated rings. The molecular formula is C11H25NO3. The highest BCUT2D eigenvalue weighted by atomic mass is 16.5. The van der Waals surface area contributed by atoms with E-state index in [1.807, 2.05) is 6.92 Å². The fourth-order valence-corrected chi connectivity index (χ4v) is 0.718. The van der Waals surface area contributed by atoms with E-state index in [-0.39, 0.29) is 6.42 Å². The van der Waals surface area contributed by atoms with Gasteiger partial charge in [0.1, 0.15) is 0 Å². The van der Waals surface area contributed by atoms with Crippen LogP contribution in [0.1, 0.15) is 34.1 Å². The lowest BCUT2D eigenvalue weighted by molar-refractivity contribution is -0.924. The molecule has 0 heterocycles. The average molecular weight is 219 g/mol. The van der Waals surface area contributed by atoms with Gasteiger partial charge < -0.3 is 19.1 Å². The van der Waals surface area contributed by atoms with E-state index in [1.54, 1.807) is 0 Å². The van der Waals surface area contributed by atoms with E-state index in [0.717, 1.165) is 30.9 Å². The second-order valence-electron chi connectivity index (χ2n) is 3.60. The number of carboxylic acid groups (broad SMARTS) is 1. The summed E-state index contributed by atoms with van der Waals surface area (Å²) in [5.41, 5.74) is 0. The molecule has 0 aromatic carbocycles. The van der Waals surface area contributed by atoms with Gasteiger partial charge in [0.05, 0.1) is 20.1 Å². The molecule has 4 heteroatoms. The van der Waals surface area contributed by atoms with Crippen molar-refractivity contribution < 1.29 is 19.1 Å². The SMILES string of the molecule is CCC(=O)[O-].CCOC[N+](C)(CC)CC. The summed E-state index contributed by atoms with van der Waals surface area (Å²) in [6, 6.07) is 0. The van der Waals surface area contributed by atoms with Crippen LogP contribution in [0.3, 0.4) is 0 Å². The second kappa shape index (κ2) is 9.93. The van der Waals surface area contributed by atoms with Crippen molar-refractivity contribution in [2.45, 2.75) is 34.1 Å². The smallest absolute Gasteiger partial charge is 0.182 e. The van der Waals surface area contributed by atoms with Crippen molar-refractivity contribution in [2.24, 2.45) is 0 Å². The zero-order chi connectivity index (χ0) is 12.3. The third-order valence-electron chi connectivity index (χ3n) is 2.42. The first-order valence-corrected chi connectivity index (χ1v) is 5.56. The number of aliphatic carboxylic acids is 1. The van der Waals surface area contributed by atoms with Crippen LogP contribution in [0.15, 0.2) is 0 Å². The van der Waals surface area contributed by atoms with Gasteiger partial charge in [0.25, 0.3) is 0 Å². The summed E-state index contributed by atoms with van der Waals surface area (Å²) in [7, 11) is 2.22. The van der Waals surface area contributed by atoms with Gasteiger partial charge in [-0.3, -0.25) is 0 Å². The number of carboxylic acids is 1. The molecule has 0 aliphatic heterocycles. The molecule has 0 aliphatic rings. The summed E-state index contributed by atoms with van der Waals surface area (Å²) < 4.78 is 6.37. The molecule has 4 nitrogen and oxygen atoms in total. The number of nitrogens with zero attached hydrogens (tertiary/aromatic N) is 1. The molecule has 0 amide bonds. The molecule has 0 N–H and O–H groups in total. The van der Waals surface area contributed by atoms with Gasteiger partial charge in [-0.2, -0.15) is 0 Å². The first-order valence-electron chi connectivity index (χ1n) is 5.56. The van der Waals surface area contributed by atoms with Crippen LogP contribution in [-0.4, -0.2) is 43.9 Å². The Morgan fingerprint density at radius 1 is 1.20 bits per heavy atom. The highest BCUT2D eigenvalue weighted by Crippen LogP contribution is 2.00. The maximum Gasteiger partial charge on any atom is 0.182 e. The monoisotopic (exact) mass is 219 g/mol. The fourth-order valence-electron chi connectivity index (χ4n) is 0.718. The molecule has 0 saturated heterocycles. The minimum absolute atomic E-state index is 0.111.